The lowest BCUT2D eigenvalue weighted by Crippen LogP contribution is -2.36. The number of nitrogens with zero attached hydrogens (tertiary/aromatic N) is 1. The van der Waals surface area contributed by atoms with Crippen LogP contribution >= 0.6 is 11.6 Å². The molecule has 0 radical (unpaired) electrons. The van der Waals surface area contributed by atoms with E-state index in [0.717, 1.165) is 17.7 Å². The quantitative estimate of drug-likeness (QED) is 0.265. The van der Waals surface area contributed by atoms with E-state index < -0.39 is 0 Å². The standard InChI is InChI=1S/C30H29ClN2O2/c1-35-27-18-16-26(17-19-27)32-30(34)33(22-25-14-8-9-15-29(25)31)21-20-28(23-10-4-2-5-11-23)24-12-6-3-7-13-24/h2-19,28H,20-22H2,1H3,(H,32,34). The van der Waals surface area contributed by atoms with Crippen molar-refractivity contribution in [2.45, 2.75) is 18.9 Å². The van der Waals surface area contributed by atoms with Gasteiger partial charge in [-0.25, -0.2) is 4.79 Å². The topological polar surface area (TPSA) is 41.6 Å². The Balaban J connectivity index is 1.56. The van der Waals surface area contributed by atoms with Crippen molar-refractivity contribution in [2.75, 3.05) is 19.0 Å². The molecule has 35 heavy (non-hydrogen) atoms. The van der Waals surface area contributed by atoms with Crippen LogP contribution in [-0.4, -0.2) is 24.6 Å². The van der Waals surface area contributed by atoms with Crippen LogP contribution in [0.3, 0.4) is 0 Å². The Morgan fingerprint density at radius 3 is 1.97 bits per heavy atom. The zero-order valence-electron chi connectivity index (χ0n) is 19.7. The summed E-state index contributed by atoms with van der Waals surface area (Å²) in [5, 5.41) is 3.68. The lowest BCUT2D eigenvalue weighted by Gasteiger charge is -2.27. The van der Waals surface area contributed by atoms with E-state index in [1.807, 2.05) is 65.6 Å². The van der Waals surface area contributed by atoms with E-state index in [1.54, 1.807) is 7.11 Å². The summed E-state index contributed by atoms with van der Waals surface area (Å²) in [5.41, 5.74) is 4.08. The lowest BCUT2D eigenvalue weighted by molar-refractivity contribution is 0.207. The summed E-state index contributed by atoms with van der Waals surface area (Å²) in [7, 11) is 1.62. The van der Waals surface area contributed by atoms with Crippen molar-refractivity contribution in [3.05, 3.63) is 131 Å². The summed E-state index contributed by atoms with van der Waals surface area (Å²) >= 11 is 6.45. The van der Waals surface area contributed by atoms with Crippen LogP contribution in [0.4, 0.5) is 10.5 Å². The van der Waals surface area contributed by atoms with Gasteiger partial charge in [-0.1, -0.05) is 90.5 Å². The van der Waals surface area contributed by atoms with Gasteiger partial charge in [0.05, 0.1) is 7.11 Å². The number of halogens is 1. The molecular weight excluding hydrogens is 456 g/mol. The van der Waals surface area contributed by atoms with Gasteiger partial charge in [0, 0.05) is 29.7 Å². The first-order valence-electron chi connectivity index (χ1n) is 11.7. The molecule has 0 atom stereocenters. The van der Waals surface area contributed by atoms with Gasteiger partial charge >= 0.3 is 6.03 Å². The van der Waals surface area contributed by atoms with Gasteiger partial charge in [-0.2, -0.15) is 0 Å². The maximum Gasteiger partial charge on any atom is 0.322 e. The molecule has 0 spiro atoms. The van der Waals surface area contributed by atoms with E-state index in [0.29, 0.717) is 23.8 Å². The van der Waals surface area contributed by atoms with E-state index >= 15 is 0 Å². The molecule has 2 amide bonds. The van der Waals surface area contributed by atoms with Gasteiger partial charge in [-0.15, -0.1) is 0 Å². The van der Waals surface area contributed by atoms with Gasteiger partial charge in [-0.05, 0) is 53.4 Å². The molecule has 0 aliphatic heterocycles. The highest BCUT2D eigenvalue weighted by Gasteiger charge is 2.20. The molecule has 0 saturated heterocycles. The molecule has 178 valence electrons. The van der Waals surface area contributed by atoms with Crippen molar-refractivity contribution < 1.29 is 9.53 Å². The van der Waals surface area contributed by atoms with Crippen LogP contribution in [-0.2, 0) is 6.54 Å². The van der Waals surface area contributed by atoms with Gasteiger partial charge in [0.25, 0.3) is 0 Å². The van der Waals surface area contributed by atoms with Crippen LogP contribution in [0, 0.1) is 0 Å². The van der Waals surface area contributed by atoms with Gasteiger partial charge in [0.15, 0.2) is 0 Å². The molecule has 4 rings (SSSR count). The number of urea groups is 1. The largest absolute Gasteiger partial charge is 0.497 e. The highest BCUT2D eigenvalue weighted by Crippen LogP contribution is 2.29. The summed E-state index contributed by atoms with van der Waals surface area (Å²) < 4.78 is 5.22. The number of methoxy groups -OCH3 is 1. The van der Waals surface area contributed by atoms with E-state index in [4.69, 9.17) is 16.3 Å². The normalized spacial score (nSPS) is 10.7. The predicted molar refractivity (Wildman–Crippen MR) is 143 cm³/mol. The first kappa shape index (κ1) is 24.4. The number of ether oxygens (including phenoxy) is 1. The maximum absolute atomic E-state index is 13.4. The fraction of sp³-hybridized carbons (Fsp3) is 0.167. The van der Waals surface area contributed by atoms with Crippen LogP contribution in [0.1, 0.15) is 29.0 Å². The first-order chi connectivity index (χ1) is 17.1. The van der Waals surface area contributed by atoms with Gasteiger partial charge in [0.1, 0.15) is 5.75 Å². The smallest absolute Gasteiger partial charge is 0.322 e. The molecule has 4 aromatic rings. The Kier molecular flexibility index (Phi) is 8.42. The van der Waals surface area contributed by atoms with Crippen LogP contribution in [0.15, 0.2) is 109 Å². The molecule has 0 aromatic heterocycles. The highest BCUT2D eigenvalue weighted by molar-refractivity contribution is 6.31. The second-order valence-corrected chi connectivity index (χ2v) is 8.74. The Labute approximate surface area is 212 Å². The number of nitrogens with one attached hydrogen (secondary N) is 1. The molecule has 0 bridgehead atoms. The third-order valence-electron chi connectivity index (χ3n) is 6.04. The highest BCUT2D eigenvalue weighted by atomic mass is 35.5. The number of anilines is 1. The third kappa shape index (κ3) is 6.65. The lowest BCUT2D eigenvalue weighted by atomic mass is 9.88. The van der Waals surface area contributed by atoms with E-state index in [2.05, 4.69) is 53.8 Å². The number of hydrogen-bond donors (Lipinski definition) is 1. The minimum atomic E-state index is -0.171. The summed E-state index contributed by atoms with van der Waals surface area (Å²) in [6.07, 6.45) is 0.772. The molecule has 0 heterocycles. The molecule has 4 nitrogen and oxygen atoms in total. The van der Waals surface area contributed by atoms with Crippen molar-refractivity contribution in [1.29, 1.82) is 0 Å². The van der Waals surface area contributed by atoms with Gasteiger partial charge in [0.2, 0.25) is 0 Å². The molecule has 0 unspecified atom stereocenters. The van der Waals surface area contributed by atoms with Crippen molar-refractivity contribution >= 4 is 23.3 Å². The van der Waals surface area contributed by atoms with Gasteiger partial charge < -0.3 is 15.0 Å². The number of carbonyl (C=O) groups is 1. The van der Waals surface area contributed by atoms with E-state index in [-0.39, 0.29) is 11.9 Å². The Morgan fingerprint density at radius 1 is 0.829 bits per heavy atom. The second kappa shape index (κ2) is 12.1. The Hall–Kier alpha value is -3.76. The summed E-state index contributed by atoms with van der Waals surface area (Å²) in [4.78, 5) is 15.2. The number of carbonyl (C=O) groups excluding carboxylic acids is 1. The fourth-order valence-corrected chi connectivity index (χ4v) is 4.34. The van der Waals surface area contributed by atoms with Crippen LogP contribution in [0.5, 0.6) is 5.75 Å². The van der Waals surface area contributed by atoms with Crippen LogP contribution in [0.25, 0.3) is 0 Å². The Morgan fingerprint density at radius 2 is 1.40 bits per heavy atom. The molecule has 4 aromatic carbocycles. The molecule has 0 aliphatic rings. The maximum atomic E-state index is 13.4. The van der Waals surface area contributed by atoms with Crippen molar-refractivity contribution in [2.24, 2.45) is 0 Å². The molecule has 1 N–H and O–H groups in total. The molecule has 5 heteroatoms. The second-order valence-electron chi connectivity index (χ2n) is 8.33. The monoisotopic (exact) mass is 484 g/mol. The zero-order valence-corrected chi connectivity index (χ0v) is 20.5. The number of amides is 2. The predicted octanol–water partition coefficient (Wildman–Crippen LogP) is 7.60. The number of hydrogen-bond acceptors (Lipinski definition) is 2. The molecular formula is C30H29ClN2O2. The third-order valence-corrected chi connectivity index (χ3v) is 6.41. The average Bonchev–Trinajstić information content (AvgIpc) is 2.91. The SMILES string of the molecule is COc1ccc(NC(=O)N(CCC(c2ccccc2)c2ccccc2)Cc2ccccc2Cl)cc1. The number of benzene rings is 4. The Bertz CT molecular complexity index is 1170. The first-order valence-corrected chi connectivity index (χ1v) is 12.0. The summed E-state index contributed by atoms with van der Waals surface area (Å²) in [5.74, 6) is 0.907. The minimum Gasteiger partial charge on any atom is -0.497 e. The summed E-state index contributed by atoms with van der Waals surface area (Å²) in [6, 6.07) is 35.7. The van der Waals surface area contributed by atoms with E-state index in [9.17, 15) is 4.79 Å². The summed E-state index contributed by atoms with van der Waals surface area (Å²) in [6.45, 7) is 0.972. The van der Waals surface area contributed by atoms with Crippen LogP contribution < -0.4 is 10.1 Å². The van der Waals surface area contributed by atoms with Gasteiger partial charge in [-0.3, -0.25) is 0 Å². The zero-order chi connectivity index (χ0) is 24.5. The average molecular weight is 485 g/mol. The number of rotatable bonds is 9. The van der Waals surface area contributed by atoms with Crippen molar-refractivity contribution in [1.82, 2.24) is 4.90 Å². The van der Waals surface area contributed by atoms with Crippen molar-refractivity contribution in [3.63, 3.8) is 0 Å². The molecule has 0 fully saturated rings. The minimum absolute atomic E-state index is 0.167. The van der Waals surface area contributed by atoms with Crippen LogP contribution in [0.2, 0.25) is 5.02 Å². The van der Waals surface area contributed by atoms with Crippen molar-refractivity contribution in [3.8, 4) is 5.75 Å². The fourth-order valence-electron chi connectivity index (χ4n) is 4.14. The molecule has 0 saturated carbocycles. The van der Waals surface area contributed by atoms with E-state index in [1.165, 1.54) is 11.1 Å². The molecule has 0 aliphatic carbocycles.